The Bertz CT molecular complexity index is 3450. The van der Waals surface area contributed by atoms with E-state index in [2.05, 4.69) is 170 Å². The number of rotatable bonds is 2. The van der Waals surface area contributed by atoms with Crippen molar-refractivity contribution in [1.82, 2.24) is 0 Å². The van der Waals surface area contributed by atoms with E-state index in [-0.39, 0.29) is 0 Å². The first kappa shape index (κ1) is 28.2. The second-order valence-electron chi connectivity index (χ2n) is 14.0. The molecule has 1 nitrogen and oxygen atoms in total. The molecule has 2 heterocycles. The molecular formula is C50H28OS. The third-order valence-electron chi connectivity index (χ3n) is 11.2. The summed E-state index contributed by atoms with van der Waals surface area (Å²) in [5, 5.41) is 17.9. The van der Waals surface area contributed by atoms with Gasteiger partial charge in [-0.3, -0.25) is 0 Å². The fraction of sp³-hybridized carbons (Fsp3) is 0. The normalized spacial score (nSPS) is 12.2. The molecule has 0 aliphatic rings. The van der Waals surface area contributed by atoms with Gasteiger partial charge in [0.2, 0.25) is 0 Å². The van der Waals surface area contributed by atoms with Gasteiger partial charge in [0, 0.05) is 30.9 Å². The zero-order chi connectivity index (χ0) is 33.9. The minimum Gasteiger partial charge on any atom is -0.456 e. The monoisotopic (exact) mass is 676 g/mol. The Morgan fingerprint density at radius 2 is 0.885 bits per heavy atom. The second kappa shape index (κ2) is 10.5. The van der Waals surface area contributed by atoms with E-state index in [4.69, 9.17) is 4.42 Å². The number of hydrogen-bond acceptors (Lipinski definition) is 2. The van der Waals surface area contributed by atoms with Gasteiger partial charge in [-0.25, -0.2) is 0 Å². The van der Waals surface area contributed by atoms with Crippen molar-refractivity contribution in [2.45, 2.75) is 0 Å². The largest absolute Gasteiger partial charge is 0.456 e. The molecule has 52 heavy (non-hydrogen) atoms. The Labute approximate surface area is 302 Å². The predicted molar refractivity (Wildman–Crippen MR) is 225 cm³/mol. The van der Waals surface area contributed by atoms with Crippen molar-refractivity contribution in [2.75, 3.05) is 0 Å². The van der Waals surface area contributed by atoms with Gasteiger partial charge in [-0.2, -0.15) is 0 Å². The SMILES string of the molecule is c1ccc2c(c1)ccc1c(-c3ccc4oc5ccc(-c6ccc7c(c6)c6ccccc6c6c7ccc7sc8ccccc8c76)cc5c4c3)cccc12. The van der Waals surface area contributed by atoms with Gasteiger partial charge in [0.1, 0.15) is 11.2 Å². The Morgan fingerprint density at radius 3 is 1.75 bits per heavy atom. The molecular weight excluding hydrogens is 649 g/mol. The van der Waals surface area contributed by atoms with E-state index < -0.39 is 0 Å². The van der Waals surface area contributed by atoms with Crippen LogP contribution in [0.4, 0.5) is 0 Å². The molecule has 2 aromatic heterocycles. The summed E-state index contributed by atoms with van der Waals surface area (Å²) in [6.45, 7) is 0. The van der Waals surface area contributed by atoms with Gasteiger partial charge in [-0.1, -0.05) is 127 Å². The molecule has 0 saturated carbocycles. The molecule has 0 radical (unpaired) electrons. The van der Waals surface area contributed by atoms with Crippen LogP contribution in [0.1, 0.15) is 0 Å². The molecule has 0 saturated heterocycles. The standard InChI is InChI=1S/C50H28OS/c1-2-9-33-29(8-1)16-20-37-34(13-7-14-35(33)37)32-19-24-46-44(28-32)43-27-31(18-23-45(43)51-46)30-17-21-38-40-22-25-48-50(41-12-5-6-15-47(41)52-48)49(40)39-11-4-3-10-36(39)42(38)26-30/h1-28H. The summed E-state index contributed by atoms with van der Waals surface area (Å²) in [6, 6.07) is 62.5. The number of fused-ring (bicyclic) bond motifs is 16. The molecule has 0 N–H and O–H groups in total. The maximum absolute atomic E-state index is 6.42. The van der Waals surface area contributed by atoms with Crippen molar-refractivity contribution in [3.63, 3.8) is 0 Å². The topological polar surface area (TPSA) is 13.1 Å². The highest BCUT2D eigenvalue weighted by atomic mass is 32.1. The molecule has 0 aliphatic heterocycles. The summed E-state index contributed by atoms with van der Waals surface area (Å²) in [6.07, 6.45) is 0. The van der Waals surface area contributed by atoms with E-state index in [1.54, 1.807) is 0 Å². The lowest BCUT2D eigenvalue weighted by atomic mass is 9.90. The summed E-state index contributed by atoms with van der Waals surface area (Å²) in [5.41, 5.74) is 6.62. The minimum atomic E-state index is 0.907. The van der Waals surface area contributed by atoms with Crippen LogP contribution >= 0.6 is 11.3 Å². The summed E-state index contributed by atoms with van der Waals surface area (Å²) in [5.74, 6) is 0. The van der Waals surface area contributed by atoms with Gasteiger partial charge in [0.15, 0.2) is 0 Å². The highest BCUT2D eigenvalue weighted by Gasteiger charge is 2.17. The van der Waals surface area contributed by atoms with Crippen molar-refractivity contribution < 1.29 is 4.42 Å². The molecule has 0 amide bonds. The summed E-state index contributed by atoms with van der Waals surface area (Å²) in [7, 11) is 0. The highest BCUT2D eigenvalue weighted by molar-refractivity contribution is 7.26. The van der Waals surface area contributed by atoms with Crippen LogP contribution in [0.5, 0.6) is 0 Å². The lowest BCUT2D eigenvalue weighted by molar-refractivity contribution is 0.669. The van der Waals surface area contributed by atoms with Crippen LogP contribution < -0.4 is 0 Å². The average molecular weight is 677 g/mol. The number of hydrogen-bond donors (Lipinski definition) is 0. The van der Waals surface area contributed by atoms with Crippen molar-refractivity contribution in [1.29, 1.82) is 0 Å². The van der Waals surface area contributed by atoms with Crippen LogP contribution in [0.15, 0.2) is 174 Å². The van der Waals surface area contributed by atoms with E-state index in [9.17, 15) is 0 Å². The van der Waals surface area contributed by atoms with Crippen molar-refractivity contribution in [3.05, 3.63) is 170 Å². The Morgan fingerprint density at radius 1 is 0.308 bits per heavy atom. The van der Waals surface area contributed by atoms with Crippen LogP contribution in [0.25, 0.3) is 118 Å². The third-order valence-corrected chi connectivity index (χ3v) is 12.4. The molecule has 0 unspecified atom stereocenters. The zero-order valence-corrected chi connectivity index (χ0v) is 28.8. The predicted octanol–water partition coefficient (Wildman–Crippen LogP) is 15.1. The molecule has 0 atom stereocenters. The molecule has 0 spiro atoms. The molecule has 10 aromatic carbocycles. The highest BCUT2D eigenvalue weighted by Crippen LogP contribution is 2.45. The van der Waals surface area contributed by atoms with Crippen molar-refractivity contribution in [3.8, 4) is 22.3 Å². The van der Waals surface area contributed by atoms with E-state index >= 15 is 0 Å². The average Bonchev–Trinajstić information content (AvgIpc) is 3.78. The third kappa shape index (κ3) is 3.93. The van der Waals surface area contributed by atoms with Crippen molar-refractivity contribution >= 4 is 107 Å². The lowest BCUT2D eigenvalue weighted by Gasteiger charge is -2.13. The van der Waals surface area contributed by atoms with Crippen LogP contribution in [0.2, 0.25) is 0 Å². The maximum Gasteiger partial charge on any atom is 0.135 e. The van der Waals surface area contributed by atoms with Crippen molar-refractivity contribution in [2.24, 2.45) is 0 Å². The van der Waals surface area contributed by atoms with E-state index in [0.29, 0.717) is 0 Å². The summed E-state index contributed by atoms with van der Waals surface area (Å²) < 4.78 is 9.09. The Hall–Kier alpha value is -6.48. The molecule has 240 valence electrons. The maximum atomic E-state index is 6.42. The molecule has 12 aromatic rings. The van der Waals surface area contributed by atoms with E-state index in [0.717, 1.165) is 21.9 Å². The van der Waals surface area contributed by atoms with E-state index in [1.807, 2.05) is 11.3 Å². The lowest BCUT2D eigenvalue weighted by Crippen LogP contribution is -1.86. The number of benzene rings is 10. The van der Waals surface area contributed by atoms with Gasteiger partial charge in [0.05, 0.1) is 0 Å². The Balaban J connectivity index is 1.05. The second-order valence-corrected chi connectivity index (χ2v) is 15.1. The molecule has 12 rings (SSSR count). The molecule has 0 bridgehead atoms. The minimum absolute atomic E-state index is 0.907. The Kier molecular flexibility index (Phi) is 5.71. The van der Waals surface area contributed by atoms with Gasteiger partial charge in [-0.15, -0.1) is 11.3 Å². The number of furan rings is 1. The smallest absolute Gasteiger partial charge is 0.135 e. The van der Waals surface area contributed by atoms with Crippen LogP contribution in [-0.4, -0.2) is 0 Å². The first-order valence-corrected chi connectivity index (χ1v) is 18.6. The van der Waals surface area contributed by atoms with Gasteiger partial charge >= 0.3 is 0 Å². The zero-order valence-electron chi connectivity index (χ0n) is 28.0. The van der Waals surface area contributed by atoms with Gasteiger partial charge in [0.25, 0.3) is 0 Å². The van der Waals surface area contributed by atoms with E-state index in [1.165, 1.54) is 96.3 Å². The summed E-state index contributed by atoms with van der Waals surface area (Å²) >= 11 is 1.88. The van der Waals surface area contributed by atoms with Crippen LogP contribution in [-0.2, 0) is 0 Å². The van der Waals surface area contributed by atoms with Gasteiger partial charge in [-0.05, 0) is 119 Å². The first-order chi connectivity index (χ1) is 25.8. The quantitative estimate of drug-likeness (QED) is 0.166. The molecule has 0 fully saturated rings. The fourth-order valence-corrected chi connectivity index (χ4v) is 9.97. The summed E-state index contributed by atoms with van der Waals surface area (Å²) in [4.78, 5) is 0. The number of thiophene rings is 1. The molecule has 2 heteroatoms. The van der Waals surface area contributed by atoms with Crippen LogP contribution in [0.3, 0.4) is 0 Å². The van der Waals surface area contributed by atoms with Gasteiger partial charge < -0.3 is 4.42 Å². The van der Waals surface area contributed by atoms with Crippen LogP contribution in [0, 0.1) is 0 Å². The fourth-order valence-electron chi connectivity index (χ4n) is 8.85. The molecule has 0 aliphatic carbocycles. The first-order valence-electron chi connectivity index (χ1n) is 17.8.